The van der Waals surface area contributed by atoms with E-state index < -0.39 is 0 Å². The highest BCUT2D eigenvalue weighted by Gasteiger charge is 2.19. The summed E-state index contributed by atoms with van der Waals surface area (Å²) in [5.41, 5.74) is 10.6. The van der Waals surface area contributed by atoms with E-state index in [9.17, 15) is 0 Å². The normalized spacial score (nSPS) is 14.1. The van der Waals surface area contributed by atoms with Gasteiger partial charge in [-0.3, -0.25) is 0 Å². The molecule has 2 unspecified atom stereocenters. The Labute approximate surface area is 125 Å². The fraction of sp³-hybridized carbons (Fsp3) is 0.375. The molecule has 3 nitrogen and oxygen atoms in total. The van der Waals surface area contributed by atoms with Gasteiger partial charge in [0, 0.05) is 17.4 Å². The van der Waals surface area contributed by atoms with Gasteiger partial charge in [-0.2, -0.15) is 0 Å². The van der Waals surface area contributed by atoms with Gasteiger partial charge in [-0.25, -0.2) is 9.97 Å². The molecule has 0 saturated heterocycles. The summed E-state index contributed by atoms with van der Waals surface area (Å²) in [4.78, 5) is 9.16. The summed E-state index contributed by atoms with van der Waals surface area (Å²) < 4.78 is 0. The van der Waals surface area contributed by atoms with Gasteiger partial charge in [0.25, 0.3) is 0 Å². The number of rotatable bonds is 4. The van der Waals surface area contributed by atoms with Crippen molar-refractivity contribution < 1.29 is 0 Å². The molecule has 0 aliphatic heterocycles. The molecule has 2 aromatic rings. The van der Waals surface area contributed by atoms with Crippen LogP contribution in [0.25, 0.3) is 0 Å². The number of aromatic nitrogens is 2. The van der Waals surface area contributed by atoms with Gasteiger partial charge in [0.1, 0.15) is 0 Å². The van der Waals surface area contributed by atoms with Crippen LogP contribution in [0.3, 0.4) is 0 Å². The fourth-order valence-corrected chi connectivity index (χ4v) is 3.14. The molecule has 0 fully saturated rings. The Hall–Kier alpha value is -1.39. The summed E-state index contributed by atoms with van der Waals surface area (Å²) in [6.45, 7) is 8.13. The SMILES string of the molecule is Cc1nc(SC(c2ccccc2)C(C)N)nc(C)c1C. The van der Waals surface area contributed by atoms with E-state index in [1.54, 1.807) is 11.8 Å². The number of nitrogens with two attached hydrogens (primary N) is 1. The molecule has 0 spiro atoms. The molecule has 1 aromatic carbocycles. The van der Waals surface area contributed by atoms with Gasteiger partial charge < -0.3 is 5.73 Å². The molecule has 20 heavy (non-hydrogen) atoms. The Morgan fingerprint density at radius 3 is 2.05 bits per heavy atom. The van der Waals surface area contributed by atoms with Crippen molar-refractivity contribution in [2.75, 3.05) is 0 Å². The minimum Gasteiger partial charge on any atom is -0.327 e. The molecule has 2 atom stereocenters. The number of benzene rings is 1. The Kier molecular flexibility index (Phi) is 4.78. The van der Waals surface area contributed by atoms with Crippen molar-refractivity contribution in [1.29, 1.82) is 0 Å². The second-order valence-electron chi connectivity index (χ2n) is 5.11. The van der Waals surface area contributed by atoms with E-state index in [1.807, 2.05) is 39.0 Å². The van der Waals surface area contributed by atoms with Crippen molar-refractivity contribution in [2.45, 2.75) is 44.1 Å². The van der Waals surface area contributed by atoms with Crippen LogP contribution in [-0.4, -0.2) is 16.0 Å². The van der Waals surface area contributed by atoms with Crippen LogP contribution in [0, 0.1) is 20.8 Å². The zero-order valence-electron chi connectivity index (χ0n) is 12.4. The first kappa shape index (κ1) is 15.0. The Morgan fingerprint density at radius 1 is 1.00 bits per heavy atom. The van der Waals surface area contributed by atoms with Crippen LogP contribution < -0.4 is 5.73 Å². The molecule has 4 heteroatoms. The average Bonchev–Trinajstić information content (AvgIpc) is 2.42. The number of hydrogen-bond acceptors (Lipinski definition) is 4. The van der Waals surface area contributed by atoms with Crippen molar-refractivity contribution >= 4 is 11.8 Å². The van der Waals surface area contributed by atoms with Crippen LogP contribution in [0.5, 0.6) is 0 Å². The summed E-state index contributed by atoms with van der Waals surface area (Å²) in [7, 11) is 0. The van der Waals surface area contributed by atoms with Crippen LogP contribution in [0.4, 0.5) is 0 Å². The highest BCUT2D eigenvalue weighted by molar-refractivity contribution is 7.99. The smallest absolute Gasteiger partial charge is 0.188 e. The van der Waals surface area contributed by atoms with Gasteiger partial charge in [-0.1, -0.05) is 42.1 Å². The molecule has 0 bridgehead atoms. The van der Waals surface area contributed by atoms with E-state index >= 15 is 0 Å². The lowest BCUT2D eigenvalue weighted by Crippen LogP contribution is -2.22. The quantitative estimate of drug-likeness (QED) is 0.690. The maximum absolute atomic E-state index is 6.15. The second kappa shape index (κ2) is 6.37. The van der Waals surface area contributed by atoms with Gasteiger partial charge >= 0.3 is 0 Å². The van der Waals surface area contributed by atoms with E-state index in [1.165, 1.54) is 5.56 Å². The third-order valence-electron chi connectivity index (χ3n) is 3.45. The molecule has 0 saturated carbocycles. The van der Waals surface area contributed by atoms with Gasteiger partial charge in [-0.15, -0.1) is 0 Å². The van der Waals surface area contributed by atoms with Crippen LogP contribution in [0.2, 0.25) is 0 Å². The molecule has 0 radical (unpaired) electrons. The molecule has 1 heterocycles. The summed E-state index contributed by atoms with van der Waals surface area (Å²) in [5, 5.41) is 0.967. The monoisotopic (exact) mass is 287 g/mol. The lowest BCUT2D eigenvalue weighted by Gasteiger charge is -2.20. The van der Waals surface area contributed by atoms with Crippen molar-refractivity contribution in [3.63, 3.8) is 0 Å². The lowest BCUT2D eigenvalue weighted by atomic mass is 10.1. The van der Waals surface area contributed by atoms with Crippen molar-refractivity contribution in [1.82, 2.24) is 9.97 Å². The molecule has 2 N–H and O–H groups in total. The first-order valence-electron chi connectivity index (χ1n) is 6.78. The van der Waals surface area contributed by atoms with Crippen molar-refractivity contribution in [2.24, 2.45) is 5.73 Å². The molecule has 1 aromatic heterocycles. The van der Waals surface area contributed by atoms with Crippen molar-refractivity contribution in [3.8, 4) is 0 Å². The number of thioether (sulfide) groups is 1. The standard InChI is InChI=1S/C16H21N3S/c1-10-12(3)18-16(19-13(10)4)20-15(11(2)17)14-8-6-5-7-9-14/h5-9,11,15H,17H2,1-4H3. The minimum atomic E-state index is 0.0351. The maximum atomic E-state index is 6.15. The molecule has 0 aliphatic rings. The third-order valence-corrected chi connectivity index (χ3v) is 4.80. The first-order chi connectivity index (χ1) is 9.49. The van der Waals surface area contributed by atoms with E-state index in [0.717, 1.165) is 22.1 Å². The molecular formula is C16H21N3S. The summed E-state index contributed by atoms with van der Waals surface area (Å²) in [6.07, 6.45) is 0. The molecule has 0 amide bonds. The summed E-state index contributed by atoms with van der Waals surface area (Å²) in [5.74, 6) is 0. The number of nitrogens with zero attached hydrogens (tertiary/aromatic N) is 2. The maximum Gasteiger partial charge on any atom is 0.188 e. The minimum absolute atomic E-state index is 0.0351. The second-order valence-corrected chi connectivity index (χ2v) is 6.22. The van der Waals surface area contributed by atoms with Crippen LogP contribution in [-0.2, 0) is 0 Å². The van der Waals surface area contributed by atoms with E-state index in [-0.39, 0.29) is 11.3 Å². The highest BCUT2D eigenvalue weighted by atomic mass is 32.2. The first-order valence-corrected chi connectivity index (χ1v) is 7.66. The fourth-order valence-electron chi connectivity index (χ4n) is 2.03. The molecule has 106 valence electrons. The Morgan fingerprint density at radius 2 is 1.55 bits per heavy atom. The lowest BCUT2D eigenvalue weighted by molar-refractivity contribution is 0.716. The molecular weight excluding hydrogens is 266 g/mol. The van der Waals surface area contributed by atoms with E-state index in [4.69, 9.17) is 5.73 Å². The summed E-state index contributed by atoms with van der Waals surface area (Å²) >= 11 is 1.64. The largest absolute Gasteiger partial charge is 0.327 e. The Balaban J connectivity index is 2.30. The number of aryl methyl sites for hydroxylation is 2. The van der Waals surface area contributed by atoms with E-state index in [2.05, 4.69) is 29.0 Å². The zero-order valence-corrected chi connectivity index (χ0v) is 13.2. The van der Waals surface area contributed by atoms with Crippen LogP contribution in [0.1, 0.15) is 34.7 Å². The third kappa shape index (κ3) is 3.38. The predicted molar refractivity (Wildman–Crippen MR) is 84.9 cm³/mol. The summed E-state index contributed by atoms with van der Waals surface area (Å²) in [6, 6.07) is 10.3. The zero-order chi connectivity index (χ0) is 14.7. The van der Waals surface area contributed by atoms with Gasteiger partial charge in [0.15, 0.2) is 5.16 Å². The molecule has 0 aliphatic carbocycles. The van der Waals surface area contributed by atoms with Gasteiger partial charge in [-0.05, 0) is 38.8 Å². The van der Waals surface area contributed by atoms with Gasteiger partial charge in [0.2, 0.25) is 0 Å². The van der Waals surface area contributed by atoms with Crippen molar-refractivity contribution in [3.05, 3.63) is 52.8 Å². The highest BCUT2D eigenvalue weighted by Crippen LogP contribution is 2.35. The van der Waals surface area contributed by atoms with Crippen LogP contribution in [0.15, 0.2) is 35.5 Å². The topological polar surface area (TPSA) is 51.8 Å². The average molecular weight is 287 g/mol. The Bertz CT molecular complexity index is 559. The van der Waals surface area contributed by atoms with E-state index in [0.29, 0.717) is 0 Å². The predicted octanol–water partition coefficient (Wildman–Crippen LogP) is 3.58. The van der Waals surface area contributed by atoms with Gasteiger partial charge in [0.05, 0.1) is 5.25 Å². The molecule has 2 rings (SSSR count). The number of hydrogen-bond donors (Lipinski definition) is 1. The van der Waals surface area contributed by atoms with Crippen LogP contribution >= 0.6 is 11.8 Å².